The molecule has 0 atom stereocenters. The number of carboxylic acids is 1. The van der Waals surface area contributed by atoms with E-state index < -0.39 is 34.4 Å². The fraction of sp³-hybridized carbons (Fsp3) is 0.0455. The molecule has 0 saturated carbocycles. The van der Waals surface area contributed by atoms with E-state index in [0.717, 1.165) is 0 Å². The van der Waals surface area contributed by atoms with Crippen LogP contribution in [0.2, 0.25) is 10.0 Å². The maximum atomic E-state index is 12.9. The summed E-state index contributed by atoms with van der Waals surface area (Å²) >= 11 is 11.8. The summed E-state index contributed by atoms with van der Waals surface area (Å²) in [5.41, 5.74) is 0.472. The lowest BCUT2D eigenvalue weighted by atomic mass is 10.1. The van der Waals surface area contributed by atoms with Crippen LogP contribution in [0.3, 0.4) is 0 Å². The predicted molar refractivity (Wildman–Crippen MR) is 128 cm³/mol. The monoisotopic (exact) mass is 521 g/mol. The molecule has 0 radical (unpaired) electrons. The first-order valence-corrected chi connectivity index (χ1v) is 11.8. The van der Waals surface area contributed by atoms with E-state index in [0.29, 0.717) is 10.7 Å². The van der Waals surface area contributed by atoms with E-state index >= 15 is 0 Å². The summed E-state index contributed by atoms with van der Waals surface area (Å²) in [6.45, 7) is -0.527. The van der Waals surface area contributed by atoms with Crippen LogP contribution in [0.25, 0.3) is 0 Å². The standard InChI is InChI=1S/C22H17Cl2N3O6S/c23-14-3-8-17(9-4-14)34(32,33)27-19-10-5-15(24)11-18(19)22(31)26-16-6-1-13(2-7-16)21(30)25-12-20(28)29/h1-11,27H,12H2,(H,25,30)(H,26,31)(H,28,29). The molecule has 34 heavy (non-hydrogen) atoms. The third-order valence-corrected chi connectivity index (χ3v) is 6.27. The molecular formula is C22H17Cl2N3O6S. The van der Waals surface area contributed by atoms with Crippen LogP contribution in [0, 0.1) is 0 Å². The maximum Gasteiger partial charge on any atom is 0.322 e. The first-order valence-electron chi connectivity index (χ1n) is 9.54. The van der Waals surface area contributed by atoms with E-state index in [4.69, 9.17) is 28.3 Å². The topological polar surface area (TPSA) is 142 Å². The largest absolute Gasteiger partial charge is 0.480 e. The van der Waals surface area contributed by atoms with Crippen LogP contribution < -0.4 is 15.4 Å². The Morgan fingerprint density at radius 3 is 2.06 bits per heavy atom. The molecule has 3 rings (SSSR count). The minimum atomic E-state index is -4.02. The highest BCUT2D eigenvalue weighted by Crippen LogP contribution is 2.25. The molecule has 0 saturated heterocycles. The molecule has 0 heterocycles. The number of carboxylic acid groups (broad SMARTS) is 1. The van der Waals surface area contributed by atoms with E-state index in [1.807, 2.05) is 0 Å². The first-order chi connectivity index (χ1) is 16.0. The normalized spacial score (nSPS) is 10.9. The van der Waals surface area contributed by atoms with Gasteiger partial charge in [0.2, 0.25) is 0 Å². The first kappa shape index (κ1) is 25.0. The molecular weight excluding hydrogens is 505 g/mol. The third kappa shape index (κ3) is 6.47. The summed E-state index contributed by atoms with van der Waals surface area (Å²) in [6.07, 6.45) is 0. The average molecular weight is 522 g/mol. The molecule has 12 heteroatoms. The van der Waals surface area contributed by atoms with E-state index in [1.54, 1.807) is 0 Å². The Hall–Kier alpha value is -3.60. The Morgan fingerprint density at radius 1 is 0.824 bits per heavy atom. The second kappa shape index (κ2) is 10.6. The molecule has 0 aromatic heterocycles. The van der Waals surface area contributed by atoms with Gasteiger partial charge < -0.3 is 15.7 Å². The molecule has 9 nitrogen and oxygen atoms in total. The van der Waals surface area contributed by atoms with Gasteiger partial charge in [0.1, 0.15) is 6.54 Å². The van der Waals surface area contributed by atoms with E-state index in [9.17, 15) is 22.8 Å². The molecule has 2 amide bonds. The van der Waals surface area contributed by atoms with Crippen molar-refractivity contribution in [2.75, 3.05) is 16.6 Å². The highest BCUT2D eigenvalue weighted by Gasteiger charge is 2.20. The number of anilines is 2. The highest BCUT2D eigenvalue weighted by molar-refractivity contribution is 7.92. The lowest BCUT2D eigenvalue weighted by Gasteiger charge is -2.14. The lowest BCUT2D eigenvalue weighted by Crippen LogP contribution is -2.29. The van der Waals surface area contributed by atoms with Crippen LogP contribution in [-0.2, 0) is 14.8 Å². The summed E-state index contributed by atoms with van der Waals surface area (Å²) in [5.74, 6) is -2.42. The minimum Gasteiger partial charge on any atom is -0.480 e. The van der Waals surface area contributed by atoms with Crippen LogP contribution in [-0.4, -0.2) is 37.9 Å². The number of aliphatic carboxylic acids is 1. The smallest absolute Gasteiger partial charge is 0.322 e. The van der Waals surface area contributed by atoms with Gasteiger partial charge >= 0.3 is 5.97 Å². The van der Waals surface area contributed by atoms with Gasteiger partial charge in [-0.1, -0.05) is 23.2 Å². The van der Waals surface area contributed by atoms with Gasteiger partial charge in [-0.2, -0.15) is 0 Å². The van der Waals surface area contributed by atoms with Crippen LogP contribution >= 0.6 is 23.2 Å². The number of nitrogens with one attached hydrogen (secondary N) is 3. The molecule has 3 aromatic rings. The van der Waals surface area contributed by atoms with E-state index in [-0.39, 0.29) is 26.7 Å². The van der Waals surface area contributed by atoms with Crippen LogP contribution in [0.4, 0.5) is 11.4 Å². The van der Waals surface area contributed by atoms with Crippen molar-refractivity contribution in [1.82, 2.24) is 5.32 Å². The third-order valence-electron chi connectivity index (χ3n) is 4.40. The van der Waals surface area contributed by atoms with Crippen molar-refractivity contribution in [3.8, 4) is 0 Å². The van der Waals surface area contributed by atoms with Gasteiger partial charge in [0.25, 0.3) is 21.8 Å². The Kier molecular flexibility index (Phi) is 7.77. The maximum absolute atomic E-state index is 12.9. The quantitative estimate of drug-likeness (QED) is 0.354. The zero-order valence-electron chi connectivity index (χ0n) is 17.2. The molecule has 0 bridgehead atoms. The highest BCUT2D eigenvalue weighted by atomic mass is 35.5. The van der Waals surface area contributed by atoms with Crippen molar-refractivity contribution in [2.24, 2.45) is 0 Å². The van der Waals surface area contributed by atoms with Gasteiger partial charge in [-0.3, -0.25) is 19.1 Å². The molecule has 0 unspecified atom stereocenters. The van der Waals surface area contributed by atoms with Crippen molar-refractivity contribution in [3.05, 3.63) is 87.9 Å². The molecule has 0 aliphatic rings. The molecule has 3 aromatic carbocycles. The SMILES string of the molecule is O=C(O)CNC(=O)c1ccc(NC(=O)c2cc(Cl)ccc2NS(=O)(=O)c2ccc(Cl)cc2)cc1. The molecule has 176 valence electrons. The molecule has 0 aliphatic carbocycles. The van der Waals surface area contributed by atoms with Gasteiger partial charge in [-0.25, -0.2) is 8.42 Å². The average Bonchev–Trinajstić information content (AvgIpc) is 2.79. The van der Waals surface area contributed by atoms with Gasteiger partial charge in [-0.15, -0.1) is 0 Å². The fourth-order valence-corrected chi connectivity index (χ4v) is 4.15. The zero-order chi connectivity index (χ0) is 24.9. The number of hydrogen-bond donors (Lipinski definition) is 4. The number of rotatable bonds is 8. The van der Waals surface area contributed by atoms with E-state index in [2.05, 4.69) is 15.4 Å². The van der Waals surface area contributed by atoms with Crippen molar-refractivity contribution in [3.63, 3.8) is 0 Å². The van der Waals surface area contributed by atoms with Crippen molar-refractivity contribution >= 4 is 62.4 Å². The van der Waals surface area contributed by atoms with Crippen LogP contribution in [0.5, 0.6) is 0 Å². The number of carbonyl (C=O) groups is 3. The lowest BCUT2D eigenvalue weighted by molar-refractivity contribution is -0.135. The van der Waals surface area contributed by atoms with Crippen molar-refractivity contribution < 1.29 is 27.9 Å². The predicted octanol–water partition coefficient (Wildman–Crippen LogP) is 3.86. The Bertz CT molecular complexity index is 1340. The zero-order valence-corrected chi connectivity index (χ0v) is 19.5. The number of sulfonamides is 1. The molecule has 0 aliphatic heterocycles. The summed E-state index contributed by atoms with van der Waals surface area (Å²) in [4.78, 5) is 35.3. The second-order valence-electron chi connectivity index (χ2n) is 6.86. The van der Waals surface area contributed by atoms with Gasteiger partial charge in [0.15, 0.2) is 0 Å². The summed E-state index contributed by atoms with van der Waals surface area (Å²) in [7, 11) is -4.02. The number of halogens is 2. The molecule has 4 N–H and O–H groups in total. The van der Waals surface area contributed by atoms with Crippen LogP contribution in [0.1, 0.15) is 20.7 Å². The number of amides is 2. The summed E-state index contributed by atoms with van der Waals surface area (Å²) < 4.78 is 27.8. The molecule has 0 spiro atoms. The number of benzene rings is 3. The number of carbonyl (C=O) groups excluding carboxylic acids is 2. The Labute approximate surface area is 204 Å². The van der Waals surface area contributed by atoms with E-state index in [1.165, 1.54) is 66.7 Å². The van der Waals surface area contributed by atoms with Gasteiger partial charge in [0.05, 0.1) is 16.1 Å². The van der Waals surface area contributed by atoms with Gasteiger partial charge in [0, 0.05) is 21.3 Å². The second-order valence-corrected chi connectivity index (χ2v) is 9.41. The van der Waals surface area contributed by atoms with Crippen molar-refractivity contribution in [1.29, 1.82) is 0 Å². The van der Waals surface area contributed by atoms with Crippen LogP contribution in [0.15, 0.2) is 71.6 Å². The fourth-order valence-electron chi connectivity index (χ4n) is 2.77. The molecule has 0 fully saturated rings. The van der Waals surface area contributed by atoms with Crippen molar-refractivity contribution in [2.45, 2.75) is 4.90 Å². The van der Waals surface area contributed by atoms with Gasteiger partial charge in [-0.05, 0) is 66.7 Å². The number of hydrogen-bond acceptors (Lipinski definition) is 5. The Balaban J connectivity index is 1.79. The Morgan fingerprint density at radius 2 is 1.44 bits per heavy atom. The summed E-state index contributed by atoms with van der Waals surface area (Å²) in [6, 6.07) is 15.3. The summed E-state index contributed by atoms with van der Waals surface area (Å²) in [5, 5.41) is 14.0. The minimum absolute atomic E-state index is 0.00141.